The van der Waals surface area contributed by atoms with E-state index in [4.69, 9.17) is 16.6 Å². The van der Waals surface area contributed by atoms with Crippen LogP contribution in [0, 0.1) is 5.82 Å². The van der Waals surface area contributed by atoms with E-state index < -0.39 is 0 Å². The third-order valence-corrected chi connectivity index (χ3v) is 4.48. The van der Waals surface area contributed by atoms with Gasteiger partial charge in [-0.15, -0.1) is 11.3 Å². The van der Waals surface area contributed by atoms with Gasteiger partial charge >= 0.3 is 0 Å². The number of hydrogen-bond donors (Lipinski definition) is 1. The van der Waals surface area contributed by atoms with Gasteiger partial charge in [0.2, 0.25) is 0 Å². The summed E-state index contributed by atoms with van der Waals surface area (Å²) >= 11 is 7.13. The van der Waals surface area contributed by atoms with Crippen molar-refractivity contribution < 1.29 is 8.81 Å². The van der Waals surface area contributed by atoms with Gasteiger partial charge in [-0.3, -0.25) is 0 Å². The lowest BCUT2D eigenvalue weighted by molar-refractivity contribution is 0.362. The fraction of sp³-hybridized carbons (Fsp3) is 0.118. The molecule has 0 aliphatic heterocycles. The molecule has 1 N–H and O–H groups in total. The minimum atomic E-state index is -0.330. The maximum atomic E-state index is 13.8. The van der Waals surface area contributed by atoms with Gasteiger partial charge in [-0.1, -0.05) is 18.2 Å². The lowest BCUT2D eigenvalue weighted by atomic mass is 10.3. The van der Waals surface area contributed by atoms with Crippen molar-refractivity contribution in [3.8, 4) is 0 Å². The quantitative estimate of drug-likeness (QED) is 0.667. The Kier molecular flexibility index (Phi) is 5.05. The van der Waals surface area contributed by atoms with Crippen LogP contribution in [-0.2, 0) is 13.1 Å². The molecule has 0 bridgehead atoms. The van der Waals surface area contributed by atoms with E-state index in [-0.39, 0.29) is 5.82 Å². The predicted molar refractivity (Wildman–Crippen MR) is 94.9 cm³/mol. The Labute approximate surface area is 143 Å². The predicted octanol–water partition coefficient (Wildman–Crippen LogP) is 4.88. The smallest absolute Gasteiger partial charge is 0.174 e. The van der Waals surface area contributed by atoms with E-state index in [0.29, 0.717) is 23.9 Å². The first-order chi connectivity index (χ1) is 11.2. The number of thiocarbonyl (C=S) groups is 1. The van der Waals surface area contributed by atoms with Crippen molar-refractivity contribution >= 4 is 34.4 Å². The lowest BCUT2D eigenvalue weighted by Gasteiger charge is -2.24. The molecular formula is C17H15FN2OS2. The minimum absolute atomic E-state index is 0.330. The highest BCUT2D eigenvalue weighted by atomic mass is 32.1. The number of rotatable bonds is 5. The van der Waals surface area contributed by atoms with Gasteiger partial charge in [-0.25, -0.2) is 4.39 Å². The zero-order valence-electron chi connectivity index (χ0n) is 12.2. The van der Waals surface area contributed by atoms with Gasteiger partial charge in [0.05, 0.1) is 25.0 Å². The fourth-order valence-electron chi connectivity index (χ4n) is 2.14. The number of nitrogens with one attached hydrogen (secondary N) is 1. The number of benzene rings is 1. The highest BCUT2D eigenvalue weighted by Gasteiger charge is 2.14. The monoisotopic (exact) mass is 346 g/mol. The molecule has 0 aliphatic carbocycles. The van der Waals surface area contributed by atoms with Crippen LogP contribution in [0.15, 0.2) is 64.6 Å². The molecule has 0 radical (unpaired) electrons. The van der Waals surface area contributed by atoms with Crippen molar-refractivity contribution in [2.75, 3.05) is 5.32 Å². The summed E-state index contributed by atoms with van der Waals surface area (Å²) in [5.41, 5.74) is 0.369. The maximum absolute atomic E-state index is 13.8. The minimum Gasteiger partial charge on any atom is -0.467 e. The van der Waals surface area contributed by atoms with Crippen molar-refractivity contribution in [1.29, 1.82) is 0 Å². The topological polar surface area (TPSA) is 28.4 Å². The van der Waals surface area contributed by atoms with Crippen molar-refractivity contribution in [2.24, 2.45) is 0 Å². The number of para-hydroxylation sites is 1. The van der Waals surface area contributed by atoms with E-state index in [0.717, 1.165) is 5.76 Å². The van der Waals surface area contributed by atoms with Crippen LogP contribution in [0.2, 0.25) is 0 Å². The second-order valence-corrected chi connectivity index (χ2v) is 6.34. The van der Waals surface area contributed by atoms with E-state index in [2.05, 4.69) is 5.32 Å². The molecule has 0 saturated carbocycles. The molecule has 2 aromatic heterocycles. The van der Waals surface area contributed by atoms with E-state index in [1.807, 2.05) is 34.5 Å². The summed E-state index contributed by atoms with van der Waals surface area (Å²) in [6.07, 6.45) is 1.63. The molecule has 118 valence electrons. The van der Waals surface area contributed by atoms with Crippen molar-refractivity contribution in [1.82, 2.24) is 4.90 Å². The molecule has 23 heavy (non-hydrogen) atoms. The molecule has 0 spiro atoms. The Bertz CT molecular complexity index is 721. The van der Waals surface area contributed by atoms with Gasteiger partial charge < -0.3 is 14.6 Å². The van der Waals surface area contributed by atoms with Gasteiger partial charge in [0.15, 0.2) is 5.11 Å². The molecule has 0 atom stereocenters. The molecular weight excluding hydrogens is 331 g/mol. The zero-order valence-corrected chi connectivity index (χ0v) is 13.9. The van der Waals surface area contributed by atoms with Gasteiger partial charge in [-0.2, -0.15) is 0 Å². The number of nitrogens with zero attached hydrogens (tertiary/aromatic N) is 1. The van der Waals surface area contributed by atoms with Crippen LogP contribution in [0.1, 0.15) is 10.6 Å². The van der Waals surface area contributed by atoms with Crippen LogP contribution >= 0.6 is 23.6 Å². The highest BCUT2D eigenvalue weighted by Crippen LogP contribution is 2.18. The second kappa shape index (κ2) is 7.39. The van der Waals surface area contributed by atoms with Gasteiger partial charge in [0.1, 0.15) is 11.6 Å². The number of hydrogen-bond acceptors (Lipinski definition) is 3. The molecule has 0 aliphatic rings. The summed E-state index contributed by atoms with van der Waals surface area (Å²) in [6.45, 7) is 1.16. The molecule has 0 fully saturated rings. The van der Waals surface area contributed by atoms with Crippen LogP contribution in [0.5, 0.6) is 0 Å². The largest absolute Gasteiger partial charge is 0.467 e. The molecule has 3 aromatic rings. The molecule has 6 heteroatoms. The Hall–Kier alpha value is -2.18. The first kappa shape index (κ1) is 15.7. The Morgan fingerprint density at radius 2 is 2.00 bits per heavy atom. The summed E-state index contributed by atoms with van der Waals surface area (Å²) in [7, 11) is 0. The van der Waals surface area contributed by atoms with Crippen LogP contribution in [0.3, 0.4) is 0 Å². The fourth-order valence-corrected chi connectivity index (χ4v) is 3.10. The van der Waals surface area contributed by atoms with Crippen molar-refractivity contribution in [2.45, 2.75) is 13.1 Å². The average Bonchev–Trinajstić information content (AvgIpc) is 3.22. The van der Waals surface area contributed by atoms with Crippen molar-refractivity contribution in [3.05, 3.63) is 76.6 Å². The van der Waals surface area contributed by atoms with E-state index in [1.165, 1.54) is 10.9 Å². The standard InChI is InChI=1S/C17H15FN2OS2/c18-15-7-1-2-8-16(15)19-17(22)20(11-13-5-3-9-21-13)12-14-6-4-10-23-14/h1-10H,11-12H2,(H,19,22). The Balaban J connectivity index is 1.76. The maximum Gasteiger partial charge on any atom is 0.174 e. The summed E-state index contributed by atoms with van der Waals surface area (Å²) in [5, 5.41) is 5.46. The van der Waals surface area contributed by atoms with Crippen LogP contribution in [0.25, 0.3) is 0 Å². The SMILES string of the molecule is Fc1ccccc1NC(=S)N(Cc1ccco1)Cc1cccs1. The highest BCUT2D eigenvalue weighted by molar-refractivity contribution is 7.80. The van der Waals surface area contributed by atoms with E-state index in [1.54, 1.807) is 35.8 Å². The second-order valence-electron chi connectivity index (χ2n) is 4.92. The summed E-state index contributed by atoms with van der Waals surface area (Å²) in [4.78, 5) is 3.13. The number of furan rings is 1. The molecule has 0 saturated heterocycles. The third-order valence-electron chi connectivity index (χ3n) is 3.26. The normalized spacial score (nSPS) is 10.5. The average molecular weight is 346 g/mol. The van der Waals surface area contributed by atoms with E-state index in [9.17, 15) is 4.39 Å². The van der Waals surface area contributed by atoms with Crippen LogP contribution in [0.4, 0.5) is 10.1 Å². The lowest BCUT2D eigenvalue weighted by Crippen LogP contribution is -2.33. The summed E-state index contributed by atoms with van der Waals surface area (Å²) in [5.74, 6) is 0.475. The zero-order chi connectivity index (χ0) is 16.1. The Morgan fingerprint density at radius 3 is 2.70 bits per heavy atom. The van der Waals surface area contributed by atoms with Gasteiger partial charge in [0.25, 0.3) is 0 Å². The summed E-state index contributed by atoms with van der Waals surface area (Å²) < 4.78 is 19.2. The van der Waals surface area contributed by atoms with Crippen LogP contribution < -0.4 is 5.32 Å². The molecule has 2 heterocycles. The molecule has 3 rings (SSSR count). The molecule has 0 amide bonds. The van der Waals surface area contributed by atoms with E-state index >= 15 is 0 Å². The first-order valence-corrected chi connectivity index (χ1v) is 8.36. The molecule has 1 aromatic carbocycles. The van der Waals surface area contributed by atoms with Crippen LogP contribution in [-0.4, -0.2) is 10.0 Å². The Morgan fingerprint density at radius 1 is 1.13 bits per heavy atom. The summed E-state index contributed by atoms with van der Waals surface area (Å²) in [6, 6.07) is 14.3. The number of thiophene rings is 1. The van der Waals surface area contributed by atoms with Gasteiger partial charge in [0, 0.05) is 4.88 Å². The molecule has 0 unspecified atom stereocenters. The van der Waals surface area contributed by atoms with Gasteiger partial charge in [-0.05, 0) is 47.9 Å². The number of halogens is 1. The number of anilines is 1. The van der Waals surface area contributed by atoms with Crippen molar-refractivity contribution in [3.63, 3.8) is 0 Å². The molecule has 3 nitrogen and oxygen atoms in total. The first-order valence-electron chi connectivity index (χ1n) is 7.07. The third kappa shape index (κ3) is 4.18.